The van der Waals surface area contributed by atoms with Crippen LogP contribution in [-0.4, -0.2) is 5.54 Å². The topological polar surface area (TPSA) is 26.0 Å². The Morgan fingerprint density at radius 1 is 1.21 bits per heavy atom. The molecule has 1 aliphatic carbocycles. The molecule has 0 bridgehead atoms. The third kappa shape index (κ3) is 2.50. The van der Waals surface area contributed by atoms with Gasteiger partial charge in [0.05, 0.1) is 0 Å². The fourth-order valence-corrected chi connectivity index (χ4v) is 2.49. The van der Waals surface area contributed by atoms with Crippen LogP contribution in [0.15, 0.2) is 0 Å². The molecule has 0 radical (unpaired) electrons. The van der Waals surface area contributed by atoms with Crippen molar-refractivity contribution < 1.29 is 0 Å². The lowest BCUT2D eigenvalue weighted by Crippen LogP contribution is -2.43. The molecule has 1 aliphatic rings. The molecule has 1 fully saturated rings. The Hall–Kier alpha value is -0.0400. The van der Waals surface area contributed by atoms with Gasteiger partial charge in [0.2, 0.25) is 0 Å². The van der Waals surface area contributed by atoms with Crippen LogP contribution in [0.5, 0.6) is 0 Å². The van der Waals surface area contributed by atoms with Crippen LogP contribution in [0, 0.1) is 17.3 Å². The molecule has 0 amide bonds. The van der Waals surface area contributed by atoms with E-state index in [1.165, 1.54) is 25.7 Å². The lowest BCUT2D eigenvalue weighted by molar-refractivity contribution is 0.0810. The van der Waals surface area contributed by atoms with Gasteiger partial charge < -0.3 is 5.73 Å². The highest BCUT2D eigenvalue weighted by Gasteiger charge is 2.37. The third-order valence-corrected chi connectivity index (χ3v) is 4.67. The molecule has 2 N–H and O–H groups in total. The molecule has 1 rings (SSSR count). The normalized spacial score (nSPS) is 34.9. The van der Waals surface area contributed by atoms with Crippen LogP contribution in [0.1, 0.15) is 60.3 Å². The second-order valence-corrected chi connectivity index (χ2v) is 6.40. The average molecular weight is 197 g/mol. The minimum absolute atomic E-state index is 0.115. The van der Waals surface area contributed by atoms with Crippen molar-refractivity contribution in [2.24, 2.45) is 23.0 Å². The van der Waals surface area contributed by atoms with Gasteiger partial charge in [0.25, 0.3) is 0 Å². The summed E-state index contributed by atoms with van der Waals surface area (Å²) in [6.07, 6.45) is 5.04. The van der Waals surface area contributed by atoms with Crippen LogP contribution in [0.3, 0.4) is 0 Å². The standard InChI is InChI=1S/C13H27N/c1-10(2)12(3,4)11-6-8-13(5,14)9-7-11/h10-11H,6-9,14H2,1-5H3. The van der Waals surface area contributed by atoms with E-state index < -0.39 is 0 Å². The summed E-state index contributed by atoms with van der Waals surface area (Å²) in [5.41, 5.74) is 6.76. The predicted octanol–water partition coefficient (Wildman–Crippen LogP) is 3.58. The Morgan fingerprint density at radius 2 is 1.64 bits per heavy atom. The summed E-state index contributed by atoms with van der Waals surface area (Å²) in [7, 11) is 0. The smallest absolute Gasteiger partial charge is 0.0126 e. The summed E-state index contributed by atoms with van der Waals surface area (Å²) in [4.78, 5) is 0. The van der Waals surface area contributed by atoms with Gasteiger partial charge in [0.15, 0.2) is 0 Å². The largest absolute Gasteiger partial charge is 0.325 e. The molecule has 0 heterocycles. The Morgan fingerprint density at radius 3 is 2.00 bits per heavy atom. The lowest BCUT2D eigenvalue weighted by Gasteiger charge is -2.44. The minimum Gasteiger partial charge on any atom is -0.325 e. The molecule has 84 valence electrons. The maximum absolute atomic E-state index is 6.16. The molecule has 0 aromatic carbocycles. The highest BCUT2D eigenvalue weighted by Crippen LogP contribution is 2.44. The molecule has 0 saturated heterocycles. The predicted molar refractivity (Wildman–Crippen MR) is 63.2 cm³/mol. The van der Waals surface area contributed by atoms with Crippen molar-refractivity contribution in [2.75, 3.05) is 0 Å². The Kier molecular flexibility index (Phi) is 3.30. The van der Waals surface area contributed by atoms with E-state index in [9.17, 15) is 0 Å². The fraction of sp³-hybridized carbons (Fsp3) is 1.00. The molecule has 1 nitrogen and oxygen atoms in total. The van der Waals surface area contributed by atoms with E-state index in [-0.39, 0.29) is 5.54 Å². The maximum Gasteiger partial charge on any atom is 0.0126 e. The van der Waals surface area contributed by atoms with Gasteiger partial charge in [-0.15, -0.1) is 0 Å². The zero-order valence-electron chi connectivity index (χ0n) is 10.6. The van der Waals surface area contributed by atoms with Crippen LogP contribution in [0.2, 0.25) is 0 Å². The number of nitrogens with two attached hydrogens (primary N) is 1. The summed E-state index contributed by atoms with van der Waals surface area (Å²) in [5, 5.41) is 0. The van der Waals surface area contributed by atoms with Gasteiger partial charge in [-0.3, -0.25) is 0 Å². The Bertz CT molecular complexity index is 181. The van der Waals surface area contributed by atoms with Gasteiger partial charge in [-0.1, -0.05) is 27.7 Å². The highest BCUT2D eigenvalue weighted by atomic mass is 14.7. The zero-order chi connectivity index (χ0) is 11.0. The molecule has 0 aromatic rings. The van der Waals surface area contributed by atoms with Crippen LogP contribution < -0.4 is 5.73 Å². The summed E-state index contributed by atoms with van der Waals surface area (Å²) in [6, 6.07) is 0. The number of rotatable bonds is 2. The van der Waals surface area contributed by atoms with Gasteiger partial charge in [-0.05, 0) is 49.9 Å². The lowest BCUT2D eigenvalue weighted by atomic mass is 9.63. The van der Waals surface area contributed by atoms with Crippen molar-refractivity contribution in [3.8, 4) is 0 Å². The van der Waals surface area contributed by atoms with Crippen molar-refractivity contribution >= 4 is 0 Å². The molecular weight excluding hydrogens is 170 g/mol. The first-order chi connectivity index (χ1) is 6.26. The molecule has 0 aromatic heterocycles. The van der Waals surface area contributed by atoms with Crippen molar-refractivity contribution in [3.05, 3.63) is 0 Å². The van der Waals surface area contributed by atoms with Crippen molar-refractivity contribution in [2.45, 2.75) is 65.8 Å². The number of hydrogen-bond donors (Lipinski definition) is 1. The molecule has 0 atom stereocenters. The quantitative estimate of drug-likeness (QED) is 0.719. The maximum atomic E-state index is 6.16. The minimum atomic E-state index is 0.115. The van der Waals surface area contributed by atoms with Gasteiger partial charge >= 0.3 is 0 Å². The first-order valence-electron chi connectivity index (χ1n) is 6.04. The number of hydrogen-bond acceptors (Lipinski definition) is 1. The van der Waals surface area contributed by atoms with E-state index in [4.69, 9.17) is 5.73 Å². The third-order valence-electron chi connectivity index (χ3n) is 4.67. The average Bonchev–Trinajstić information content (AvgIpc) is 2.03. The van der Waals surface area contributed by atoms with E-state index in [1.807, 2.05) is 0 Å². The molecule has 0 aliphatic heterocycles. The molecular formula is C13H27N. The first kappa shape index (κ1) is 12.0. The van der Waals surface area contributed by atoms with Crippen molar-refractivity contribution in [3.63, 3.8) is 0 Å². The van der Waals surface area contributed by atoms with E-state index in [0.29, 0.717) is 5.41 Å². The van der Waals surface area contributed by atoms with Gasteiger partial charge in [0, 0.05) is 5.54 Å². The molecule has 14 heavy (non-hydrogen) atoms. The Labute approximate surface area is 89.5 Å². The summed E-state index contributed by atoms with van der Waals surface area (Å²) >= 11 is 0. The monoisotopic (exact) mass is 197 g/mol. The molecule has 0 unspecified atom stereocenters. The molecule has 0 spiro atoms. The van der Waals surface area contributed by atoms with Crippen molar-refractivity contribution in [1.82, 2.24) is 0 Å². The van der Waals surface area contributed by atoms with Gasteiger partial charge in [-0.25, -0.2) is 0 Å². The Balaban J connectivity index is 2.57. The SMILES string of the molecule is CC(C)C(C)(C)C1CCC(C)(N)CC1. The summed E-state index contributed by atoms with van der Waals surface area (Å²) in [5.74, 6) is 1.65. The van der Waals surface area contributed by atoms with Gasteiger partial charge in [-0.2, -0.15) is 0 Å². The van der Waals surface area contributed by atoms with E-state index in [0.717, 1.165) is 11.8 Å². The van der Waals surface area contributed by atoms with Crippen LogP contribution in [0.4, 0.5) is 0 Å². The summed E-state index contributed by atoms with van der Waals surface area (Å²) < 4.78 is 0. The fourth-order valence-electron chi connectivity index (χ4n) is 2.49. The second kappa shape index (κ2) is 3.84. The highest BCUT2D eigenvalue weighted by molar-refractivity contribution is 4.91. The molecule has 1 heteroatoms. The van der Waals surface area contributed by atoms with Crippen LogP contribution in [-0.2, 0) is 0 Å². The van der Waals surface area contributed by atoms with Crippen LogP contribution >= 0.6 is 0 Å². The van der Waals surface area contributed by atoms with Gasteiger partial charge in [0.1, 0.15) is 0 Å². The van der Waals surface area contributed by atoms with E-state index in [2.05, 4.69) is 34.6 Å². The zero-order valence-corrected chi connectivity index (χ0v) is 10.6. The van der Waals surface area contributed by atoms with Crippen molar-refractivity contribution in [1.29, 1.82) is 0 Å². The van der Waals surface area contributed by atoms with E-state index >= 15 is 0 Å². The summed E-state index contributed by atoms with van der Waals surface area (Å²) in [6.45, 7) is 11.7. The van der Waals surface area contributed by atoms with Crippen LogP contribution in [0.25, 0.3) is 0 Å². The molecule has 1 saturated carbocycles. The second-order valence-electron chi connectivity index (χ2n) is 6.40. The van der Waals surface area contributed by atoms with E-state index in [1.54, 1.807) is 0 Å². The first-order valence-corrected chi connectivity index (χ1v) is 6.04.